The molecule has 0 bridgehead atoms. The number of para-hydroxylation sites is 1. The number of halogens is 2. The van der Waals surface area contributed by atoms with Crippen molar-refractivity contribution < 1.29 is 17.2 Å². The van der Waals surface area contributed by atoms with E-state index >= 15 is 0 Å². The van der Waals surface area contributed by atoms with E-state index in [1.54, 1.807) is 0 Å². The third kappa shape index (κ3) is 3.77. The van der Waals surface area contributed by atoms with Crippen LogP contribution in [0, 0.1) is 23.0 Å². The van der Waals surface area contributed by atoms with Crippen LogP contribution in [0.25, 0.3) is 0 Å². The van der Waals surface area contributed by atoms with Gasteiger partial charge in [0.1, 0.15) is 17.3 Å². The molecule has 0 spiro atoms. The van der Waals surface area contributed by atoms with E-state index in [0.717, 1.165) is 18.2 Å². The highest BCUT2D eigenvalue weighted by Crippen LogP contribution is 2.20. The maximum atomic E-state index is 13.4. The van der Waals surface area contributed by atoms with Crippen LogP contribution in [-0.4, -0.2) is 8.42 Å². The normalized spacial score (nSPS) is 10.9. The van der Waals surface area contributed by atoms with Crippen molar-refractivity contribution in [1.82, 2.24) is 0 Å². The molecule has 0 radical (unpaired) electrons. The van der Waals surface area contributed by atoms with Gasteiger partial charge in [0.05, 0.1) is 17.4 Å². The Balaban J connectivity index is 2.21. The number of sulfonamides is 1. The molecule has 1 N–H and O–H groups in total. The number of rotatable bonds is 4. The molecule has 0 aliphatic carbocycles. The van der Waals surface area contributed by atoms with E-state index < -0.39 is 33.1 Å². The van der Waals surface area contributed by atoms with Crippen LogP contribution in [0.15, 0.2) is 42.5 Å². The summed E-state index contributed by atoms with van der Waals surface area (Å²) in [4.78, 5) is 0. The van der Waals surface area contributed by atoms with Crippen LogP contribution < -0.4 is 4.72 Å². The minimum atomic E-state index is -3.97. The maximum Gasteiger partial charge on any atom is 0.237 e. The highest BCUT2D eigenvalue weighted by atomic mass is 32.2. The first-order valence-corrected chi connectivity index (χ1v) is 7.50. The van der Waals surface area contributed by atoms with Crippen molar-refractivity contribution in [3.05, 3.63) is 65.2 Å². The Morgan fingerprint density at radius 1 is 1.05 bits per heavy atom. The first kappa shape index (κ1) is 14.9. The number of anilines is 1. The highest BCUT2D eigenvalue weighted by Gasteiger charge is 2.17. The molecule has 2 aromatic carbocycles. The van der Waals surface area contributed by atoms with Crippen molar-refractivity contribution >= 4 is 15.7 Å². The SMILES string of the molecule is N#Cc1ccc(CS(=O)(=O)Nc2c(F)cccc2F)cc1. The van der Waals surface area contributed by atoms with Gasteiger partial charge in [-0.2, -0.15) is 5.26 Å². The lowest BCUT2D eigenvalue weighted by Crippen LogP contribution is -2.17. The molecular formula is C14H10F2N2O2S. The summed E-state index contributed by atoms with van der Waals surface area (Å²) in [5, 5.41) is 8.65. The summed E-state index contributed by atoms with van der Waals surface area (Å²) in [6, 6.07) is 10.8. The van der Waals surface area contributed by atoms with Gasteiger partial charge in [-0.25, -0.2) is 17.2 Å². The van der Waals surface area contributed by atoms with Crippen LogP contribution in [-0.2, 0) is 15.8 Å². The minimum absolute atomic E-state index is 0.393. The molecule has 0 heterocycles. The van der Waals surface area contributed by atoms with E-state index in [4.69, 9.17) is 5.26 Å². The van der Waals surface area contributed by atoms with Gasteiger partial charge in [0.15, 0.2) is 0 Å². The van der Waals surface area contributed by atoms with E-state index in [1.807, 2.05) is 10.8 Å². The van der Waals surface area contributed by atoms with E-state index in [0.29, 0.717) is 11.1 Å². The standard InChI is InChI=1S/C14H10F2N2O2S/c15-12-2-1-3-13(16)14(12)18-21(19,20)9-11-6-4-10(8-17)5-7-11/h1-7,18H,9H2. The largest absolute Gasteiger partial charge is 0.278 e. The van der Waals surface area contributed by atoms with Crippen molar-refractivity contribution in [2.24, 2.45) is 0 Å². The molecule has 7 heteroatoms. The van der Waals surface area contributed by atoms with Crippen molar-refractivity contribution in [3.8, 4) is 6.07 Å². The molecule has 0 aromatic heterocycles. The molecule has 0 saturated carbocycles. The average Bonchev–Trinajstić information content (AvgIpc) is 2.43. The van der Waals surface area contributed by atoms with Gasteiger partial charge in [-0.15, -0.1) is 0 Å². The lowest BCUT2D eigenvalue weighted by Gasteiger charge is -2.09. The number of nitrogens with zero attached hydrogens (tertiary/aromatic N) is 1. The van der Waals surface area contributed by atoms with Crippen molar-refractivity contribution in [3.63, 3.8) is 0 Å². The molecule has 0 aliphatic rings. The number of hydrogen-bond acceptors (Lipinski definition) is 3. The molecule has 0 saturated heterocycles. The fraction of sp³-hybridized carbons (Fsp3) is 0.0714. The zero-order valence-corrected chi connectivity index (χ0v) is 11.5. The Morgan fingerprint density at radius 3 is 2.14 bits per heavy atom. The lowest BCUT2D eigenvalue weighted by atomic mass is 10.2. The van der Waals surface area contributed by atoms with Gasteiger partial charge < -0.3 is 0 Å². The topological polar surface area (TPSA) is 70.0 Å². The Bertz CT molecular complexity index is 776. The van der Waals surface area contributed by atoms with Crippen molar-refractivity contribution in [1.29, 1.82) is 5.26 Å². The van der Waals surface area contributed by atoms with E-state index in [1.165, 1.54) is 24.3 Å². The number of benzene rings is 2. The molecule has 21 heavy (non-hydrogen) atoms. The predicted octanol–water partition coefficient (Wildman–Crippen LogP) is 2.78. The molecule has 0 aliphatic heterocycles. The molecule has 2 rings (SSSR count). The zero-order chi connectivity index (χ0) is 15.5. The number of hydrogen-bond donors (Lipinski definition) is 1. The monoisotopic (exact) mass is 308 g/mol. The second-order valence-electron chi connectivity index (χ2n) is 4.27. The second-order valence-corrected chi connectivity index (χ2v) is 5.99. The van der Waals surface area contributed by atoms with Gasteiger partial charge in [0.2, 0.25) is 10.0 Å². The van der Waals surface area contributed by atoms with Crippen LogP contribution in [0.5, 0.6) is 0 Å². The van der Waals surface area contributed by atoms with Crippen LogP contribution in [0.3, 0.4) is 0 Å². The molecular weight excluding hydrogens is 298 g/mol. The second kappa shape index (κ2) is 5.89. The fourth-order valence-electron chi connectivity index (χ4n) is 1.68. The van der Waals surface area contributed by atoms with Gasteiger partial charge in [-0.1, -0.05) is 18.2 Å². The summed E-state index contributed by atoms with van der Waals surface area (Å²) in [5.74, 6) is -2.43. The van der Waals surface area contributed by atoms with Crippen LogP contribution in [0.4, 0.5) is 14.5 Å². The van der Waals surface area contributed by atoms with E-state index in [9.17, 15) is 17.2 Å². The maximum absolute atomic E-state index is 13.4. The van der Waals surface area contributed by atoms with Gasteiger partial charge in [0.25, 0.3) is 0 Å². The Kier molecular flexibility index (Phi) is 4.19. The first-order valence-electron chi connectivity index (χ1n) is 5.85. The summed E-state index contributed by atoms with van der Waals surface area (Å²) in [7, 11) is -3.97. The van der Waals surface area contributed by atoms with Crippen molar-refractivity contribution in [2.45, 2.75) is 5.75 Å². The molecule has 2 aromatic rings. The first-order chi connectivity index (χ1) is 9.91. The summed E-state index contributed by atoms with van der Waals surface area (Å²) in [6.07, 6.45) is 0. The number of nitrogens with one attached hydrogen (secondary N) is 1. The lowest BCUT2D eigenvalue weighted by molar-refractivity contribution is 0.582. The van der Waals surface area contributed by atoms with Crippen LogP contribution in [0.2, 0.25) is 0 Å². The quantitative estimate of drug-likeness (QED) is 0.944. The number of nitriles is 1. The Hall–Kier alpha value is -2.46. The summed E-state index contributed by atoms with van der Waals surface area (Å²) >= 11 is 0. The molecule has 0 amide bonds. The third-order valence-electron chi connectivity index (χ3n) is 2.66. The van der Waals surface area contributed by atoms with Gasteiger partial charge in [-0.3, -0.25) is 4.72 Å². The Morgan fingerprint density at radius 2 is 1.62 bits per heavy atom. The van der Waals surface area contributed by atoms with Crippen LogP contribution >= 0.6 is 0 Å². The molecule has 4 nitrogen and oxygen atoms in total. The Labute approximate surface area is 120 Å². The van der Waals surface area contributed by atoms with E-state index in [2.05, 4.69) is 0 Å². The molecule has 0 unspecified atom stereocenters. The molecule has 0 atom stereocenters. The van der Waals surface area contributed by atoms with Gasteiger partial charge in [-0.05, 0) is 29.8 Å². The molecule has 0 fully saturated rings. The summed E-state index contributed by atoms with van der Waals surface area (Å²) < 4.78 is 52.6. The predicted molar refractivity (Wildman–Crippen MR) is 73.8 cm³/mol. The highest BCUT2D eigenvalue weighted by molar-refractivity contribution is 7.91. The summed E-state index contributed by atoms with van der Waals surface area (Å²) in [5.41, 5.74) is 0.0913. The van der Waals surface area contributed by atoms with Gasteiger partial charge in [0, 0.05) is 0 Å². The van der Waals surface area contributed by atoms with Crippen molar-refractivity contribution in [2.75, 3.05) is 4.72 Å². The third-order valence-corrected chi connectivity index (χ3v) is 3.89. The van der Waals surface area contributed by atoms with Gasteiger partial charge >= 0.3 is 0 Å². The average molecular weight is 308 g/mol. The smallest absolute Gasteiger partial charge is 0.237 e. The van der Waals surface area contributed by atoms with E-state index in [-0.39, 0.29) is 0 Å². The zero-order valence-electron chi connectivity index (χ0n) is 10.7. The minimum Gasteiger partial charge on any atom is -0.278 e. The molecule has 108 valence electrons. The summed E-state index contributed by atoms with van der Waals surface area (Å²) in [6.45, 7) is 0. The van der Waals surface area contributed by atoms with Crippen LogP contribution in [0.1, 0.15) is 11.1 Å². The fourth-order valence-corrected chi connectivity index (χ4v) is 2.89.